The van der Waals surface area contributed by atoms with Gasteiger partial charge in [0.15, 0.2) is 0 Å². The van der Waals surface area contributed by atoms with E-state index in [-0.39, 0.29) is 19.0 Å². The molecular weight excluding hydrogens is 232 g/mol. The molecule has 0 bridgehead atoms. The van der Waals surface area contributed by atoms with Gasteiger partial charge >= 0.3 is 6.55 Å². The third-order valence-corrected chi connectivity index (χ3v) is 2.26. The summed E-state index contributed by atoms with van der Waals surface area (Å²) >= 11 is 0. The van der Waals surface area contributed by atoms with E-state index in [4.69, 9.17) is 4.74 Å². The number of hydrogen-bond acceptors (Lipinski definition) is 4. The van der Waals surface area contributed by atoms with Crippen molar-refractivity contribution in [3.8, 4) is 0 Å². The summed E-state index contributed by atoms with van der Waals surface area (Å²) in [7, 11) is 1.51. The summed E-state index contributed by atoms with van der Waals surface area (Å²) in [6, 6.07) is 0. The third-order valence-electron chi connectivity index (χ3n) is 2.26. The van der Waals surface area contributed by atoms with Crippen molar-refractivity contribution in [1.82, 2.24) is 14.9 Å². The molecule has 2 N–H and O–H groups in total. The van der Waals surface area contributed by atoms with E-state index in [2.05, 4.69) is 10.3 Å². The standard InChI is InChI=1S/C10H17F2N3O2/c1-17-7-8(16)2-3-13-6-9-14-4-5-15(9)10(11)12/h4-5,8,10,13,16H,2-3,6-7H2,1H3. The Morgan fingerprint density at radius 3 is 3.00 bits per heavy atom. The fourth-order valence-corrected chi connectivity index (χ4v) is 1.40. The number of rotatable bonds is 8. The molecule has 17 heavy (non-hydrogen) atoms. The first-order valence-corrected chi connectivity index (χ1v) is 5.32. The Morgan fingerprint density at radius 1 is 1.59 bits per heavy atom. The van der Waals surface area contributed by atoms with Crippen LogP contribution < -0.4 is 5.32 Å². The first kappa shape index (κ1) is 14.0. The molecule has 7 heteroatoms. The van der Waals surface area contributed by atoms with E-state index >= 15 is 0 Å². The number of imidazole rings is 1. The first-order chi connectivity index (χ1) is 8.15. The highest BCUT2D eigenvalue weighted by Gasteiger charge is 2.10. The number of hydrogen-bond donors (Lipinski definition) is 2. The lowest BCUT2D eigenvalue weighted by Crippen LogP contribution is -2.24. The number of halogens is 2. The van der Waals surface area contributed by atoms with Gasteiger partial charge in [-0.2, -0.15) is 8.78 Å². The maximum absolute atomic E-state index is 12.4. The molecule has 1 aromatic rings. The van der Waals surface area contributed by atoms with Crippen molar-refractivity contribution in [2.45, 2.75) is 25.6 Å². The molecule has 0 radical (unpaired) electrons. The molecule has 1 rings (SSSR count). The van der Waals surface area contributed by atoms with Gasteiger partial charge < -0.3 is 15.2 Å². The number of aromatic nitrogens is 2. The van der Waals surface area contributed by atoms with Crippen LogP contribution in [0, 0.1) is 0 Å². The lowest BCUT2D eigenvalue weighted by molar-refractivity contribution is 0.0585. The van der Waals surface area contributed by atoms with Gasteiger partial charge in [0.1, 0.15) is 5.82 Å². The minimum absolute atomic E-state index is 0.247. The zero-order valence-corrected chi connectivity index (χ0v) is 9.64. The van der Waals surface area contributed by atoms with Gasteiger partial charge in [-0.15, -0.1) is 0 Å². The van der Waals surface area contributed by atoms with Crippen molar-refractivity contribution in [2.75, 3.05) is 20.3 Å². The highest BCUT2D eigenvalue weighted by atomic mass is 19.3. The molecule has 98 valence electrons. The van der Waals surface area contributed by atoms with Crippen LogP contribution in [0.15, 0.2) is 12.4 Å². The second kappa shape index (κ2) is 7.31. The molecule has 0 fully saturated rings. The van der Waals surface area contributed by atoms with E-state index in [1.807, 2.05) is 0 Å². The second-order valence-electron chi connectivity index (χ2n) is 3.60. The van der Waals surface area contributed by atoms with E-state index in [0.717, 1.165) is 4.57 Å². The summed E-state index contributed by atoms with van der Waals surface area (Å²) in [5, 5.41) is 12.3. The zero-order chi connectivity index (χ0) is 12.7. The Hall–Kier alpha value is -1.05. The second-order valence-corrected chi connectivity index (χ2v) is 3.60. The average molecular weight is 249 g/mol. The van der Waals surface area contributed by atoms with Crippen molar-refractivity contribution in [3.05, 3.63) is 18.2 Å². The molecule has 1 aromatic heterocycles. The monoisotopic (exact) mass is 249 g/mol. The molecule has 0 aliphatic carbocycles. The first-order valence-electron chi connectivity index (χ1n) is 5.32. The van der Waals surface area contributed by atoms with Crippen LogP contribution >= 0.6 is 0 Å². The normalized spacial score (nSPS) is 13.2. The maximum Gasteiger partial charge on any atom is 0.319 e. The van der Waals surface area contributed by atoms with Crippen molar-refractivity contribution in [1.29, 1.82) is 0 Å². The molecule has 0 spiro atoms. The SMILES string of the molecule is COCC(O)CCNCc1nccn1C(F)F. The van der Waals surface area contributed by atoms with Crippen molar-refractivity contribution >= 4 is 0 Å². The molecular formula is C10H17F2N3O2. The van der Waals surface area contributed by atoms with Crippen molar-refractivity contribution in [3.63, 3.8) is 0 Å². The Labute approximate surface area is 98.4 Å². The van der Waals surface area contributed by atoms with Gasteiger partial charge in [-0.25, -0.2) is 4.98 Å². The molecule has 1 unspecified atom stereocenters. The van der Waals surface area contributed by atoms with Crippen molar-refractivity contribution < 1.29 is 18.6 Å². The fraction of sp³-hybridized carbons (Fsp3) is 0.700. The molecule has 0 saturated heterocycles. The van der Waals surface area contributed by atoms with Crippen LogP contribution in [0.3, 0.4) is 0 Å². The summed E-state index contributed by atoms with van der Waals surface area (Å²) in [4.78, 5) is 3.82. The summed E-state index contributed by atoms with van der Waals surface area (Å²) in [5.41, 5.74) is 0. The molecule has 0 aromatic carbocycles. The van der Waals surface area contributed by atoms with E-state index in [1.54, 1.807) is 0 Å². The largest absolute Gasteiger partial charge is 0.391 e. The van der Waals surface area contributed by atoms with Crippen LogP contribution in [-0.4, -0.2) is 41.0 Å². The van der Waals surface area contributed by atoms with Gasteiger partial charge in [0.25, 0.3) is 0 Å². The third kappa shape index (κ3) is 4.76. The summed E-state index contributed by atoms with van der Waals surface area (Å²) in [6.07, 6.45) is 2.54. The summed E-state index contributed by atoms with van der Waals surface area (Å²) in [6.45, 7) is -1.54. The summed E-state index contributed by atoms with van der Waals surface area (Å²) in [5.74, 6) is 0.279. The minimum atomic E-state index is -2.58. The molecule has 0 aliphatic heterocycles. The number of aliphatic hydroxyl groups excluding tert-OH is 1. The molecule has 0 amide bonds. The Morgan fingerprint density at radius 2 is 2.35 bits per heavy atom. The quantitative estimate of drug-likeness (QED) is 0.668. The van der Waals surface area contributed by atoms with Gasteiger partial charge in [0.2, 0.25) is 0 Å². The lowest BCUT2D eigenvalue weighted by Gasteiger charge is -2.10. The topological polar surface area (TPSA) is 59.3 Å². The Balaban J connectivity index is 2.24. The number of ether oxygens (including phenoxy) is 1. The molecule has 5 nitrogen and oxygen atoms in total. The molecule has 0 aliphatic rings. The Bertz CT molecular complexity index is 320. The van der Waals surface area contributed by atoms with Crippen LogP contribution in [-0.2, 0) is 11.3 Å². The van der Waals surface area contributed by atoms with Crippen LogP contribution in [0.1, 0.15) is 18.8 Å². The molecule has 1 atom stereocenters. The van der Waals surface area contributed by atoms with Gasteiger partial charge in [0, 0.05) is 19.5 Å². The highest BCUT2D eigenvalue weighted by Crippen LogP contribution is 2.11. The van der Waals surface area contributed by atoms with Gasteiger partial charge in [0.05, 0.1) is 19.3 Å². The predicted octanol–water partition coefficient (Wildman–Crippen LogP) is 0.765. The maximum atomic E-state index is 12.4. The smallest absolute Gasteiger partial charge is 0.319 e. The molecule has 1 heterocycles. The van der Waals surface area contributed by atoms with E-state index in [0.29, 0.717) is 13.0 Å². The van der Waals surface area contributed by atoms with Gasteiger partial charge in [-0.3, -0.25) is 4.57 Å². The van der Waals surface area contributed by atoms with E-state index in [9.17, 15) is 13.9 Å². The van der Waals surface area contributed by atoms with E-state index < -0.39 is 12.7 Å². The van der Waals surface area contributed by atoms with Crippen molar-refractivity contribution in [2.24, 2.45) is 0 Å². The van der Waals surface area contributed by atoms with Gasteiger partial charge in [-0.05, 0) is 13.0 Å². The van der Waals surface area contributed by atoms with Crippen LogP contribution in [0.2, 0.25) is 0 Å². The van der Waals surface area contributed by atoms with Crippen LogP contribution in [0.5, 0.6) is 0 Å². The van der Waals surface area contributed by atoms with Crippen LogP contribution in [0.4, 0.5) is 8.78 Å². The number of aliphatic hydroxyl groups is 1. The number of nitrogens with one attached hydrogen (secondary N) is 1. The average Bonchev–Trinajstić information content (AvgIpc) is 2.73. The number of nitrogens with zero attached hydrogens (tertiary/aromatic N) is 2. The predicted molar refractivity (Wildman–Crippen MR) is 57.7 cm³/mol. The number of alkyl halides is 2. The molecule has 0 saturated carbocycles. The zero-order valence-electron chi connectivity index (χ0n) is 9.64. The number of methoxy groups -OCH3 is 1. The lowest BCUT2D eigenvalue weighted by atomic mass is 10.2. The fourth-order valence-electron chi connectivity index (χ4n) is 1.40. The summed E-state index contributed by atoms with van der Waals surface area (Å²) < 4.78 is 30.4. The van der Waals surface area contributed by atoms with E-state index in [1.165, 1.54) is 19.5 Å². The highest BCUT2D eigenvalue weighted by molar-refractivity contribution is 4.92. The minimum Gasteiger partial charge on any atom is -0.391 e. The van der Waals surface area contributed by atoms with Gasteiger partial charge in [-0.1, -0.05) is 0 Å². The Kier molecular flexibility index (Phi) is 6.03. The van der Waals surface area contributed by atoms with Crippen LogP contribution in [0.25, 0.3) is 0 Å².